The second kappa shape index (κ2) is 7.13. The summed E-state index contributed by atoms with van der Waals surface area (Å²) >= 11 is 0. The number of nitrogens with zero attached hydrogens (tertiary/aromatic N) is 5. The van der Waals surface area contributed by atoms with Crippen molar-refractivity contribution < 1.29 is 17.7 Å². The topological polar surface area (TPSA) is 93.7 Å². The number of hydrogen-bond acceptors (Lipinski definition) is 7. The average Bonchev–Trinajstić information content (AvgIpc) is 3.21. The first kappa shape index (κ1) is 18.3. The van der Waals surface area contributed by atoms with Crippen molar-refractivity contribution in [1.82, 2.24) is 24.9 Å². The van der Waals surface area contributed by atoms with Crippen LogP contribution in [0.1, 0.15) is 42.6 Å². The molecule has 1 aliphatic rings. The lowest BCUT2D eigenvalue weighted by Gasteiger charge is -2.13. The first-order valence-corrected chi connectivity index (χ1v) is 8.85. The van der Waals surface area contributed by atoms with Gasteiger partial charge in [0, 0.05) is 30.9 Å². The zero-order chi connectivity index (χ0) is 19.7. The second-order valence-corrected chi connectivity index (χ2v) is 6.50. The molecule has 0 spiro atoms. The summed E-state index contributed by atoms with van der Waals surface area (Å²) in [6.45, 7) is 2.44. The molecule has 0 saturated heterocycles. The van der Waals surface area contributed by atoms with Crippen molar-refractivity contribution in [2.24, 2.45) is 0 Å². The summed E-state index contributed by atoms with van der Waals surface area (Å²) in [6.07, 6.45) is 1.55. The van der Waals surface area contributed by atoms with Crippen molar-refractivity contribution in [3.8, 4) is 0 Å². The molecule has 1 fully saturated rings. The smallest absolute Gasteiger partial charge is 0.370 e. The van der Waals surface area contributed by atoms with E-state index in [0.717, 1.165) is 30.4 Å². The molecule has 8 nitrogen and oxygen atoms in total. The van der Waals surface area contributed by atoms with Gasteiger partial charge < -0.3 is 15.2 Å². The molecule has 3 aromatic rings. The van der Waals surface area contributed by atoms with Gasteiger partial charge in [0.15, 0.2) is 0 Å². The van der Waals surface area contributed by atoms with Gasteiger partial charge in [0.25, 0.3) is 0 Å². The minimum Gasteiger partial charge on any atom is -0.370 e. The summed E-state index contributed by atoms with van der Waals surface area (Å²) < 4.78 is 45.9. The molecular formula is C17H18F3N7O. The fourth-order valence-corrected chi connectivity index (χ4v) is 2.83. The standard InChI is InChI=1S/C17H18F3N7O/c1-2-21-15-12(17(18,19)20)7-22-16(24-15)23-13-9-27(8-11-5-6-28-26-11)25-14(13)10-3-4-10/h5-7,9-10H,2-4,8H2,1H3,(H2,21,22,23,24). The van der Waals surface area contributed by atoms with Crippen LogP contribution in [0, 0.1) is 0 Å². The molecule has 3 aromatic heterocycles. The van der Waals surface area contributed by atoms with Crippen LogP contribution in [0.15, 0.2) is 29.2 Å². The third-order valence-electron chi connectivity index (χ3n) is 4.25. The Labute approximate surface area is 158 Å². The van der Waals surface area contributed by atoms with Crippen LogP contribution in [0.2, 0.25) is 0 Å². The highest BCUT2D eigenvalue weighted by Gasteiger charge is 2.35. The van der Waals surface area contributed by atoms with Gasteiger partial charge in [-0.2, -0.15) is 23.3 Å². The lowest BCUT2D eigenvalue weighted by molar-refractivity contribution is -0.137. The van der Waals surface area contributed by atoms with Crippen LogP contribution in [0.25, 0.3) is 0 Å². The minimum atomic E-state index is -4.53. The maximum absolute atomic E-state index is 13.1. The lowest BCUT2D eigenvalue weighted by Crippen LogP contribution is -2.14. The van der Waals surface area contributed by atoms with E-state index in [0.29, 0.717) is 24.7 Å². The number of anilines is 3. The van der Waals surface area contributed by atoms with Gasteiger partial charge in [0.1, 0.15) is 23.3 Å². The molecule has 0 unspecified atom stereocenters. The normalized spacial score (nSPS) is 14.3. The molecular weight excluding hydrogens is 375 g/mol. The van der Waals surface area contributed by atoms with Crippen LogP contribution in [0.3, 0.4) is 0 Å². The van der Waals surface area contributed by atoms with Gasteiger partial charge in [-0.05, 0) is 19.8 Å². The Morgan fingerprint density at radius 3 is 2.79 bits per heavy atom. The Balaban J connectivity index is 1.61. The van der Waals surface area contributed by atoms with E-state index in [1.165, 1.54) is 6.26 Å². The summed E-state index contributed by atoms with van der Waals surface area (Å²) in [5, 5.41) is 14.1. The Morgan fingerprint density at radius 2 is 2.14 bits per heavy atom. The maximum atomic E-state index is 13.1. The van der Waals surface area contributed by atoms with Gasteiger partial charge >= 0.3 is 6.18 Å². The first-order valence-electron chi connectivity index (χ1n) is 8.85. The Hall–Kier alpha value is -3.11. The molecule has 0 radical (unpaired) electrons. The van der Waals surface area contributed by atoms with E-state index in [-0.39, 0.29) is 11.8 Å². The Kier molecular flexibility index (Phi) is 4.65. The van der Waals surface area contributed by atoms with E-state index in [4.69, 9.17) is 4.52 Å². The summed E-state index contributed by atoms with van der Waals surface area (Å²) in [7, 11) is 0. The van der Waals surface area contributed by atoms with Crippen LogP contribution in [-0.4, -0.2) is 31.4 Å². The van der Waals surface area contributed by atoms with Crippen molar-refractivity contribution >= 4 is 17.5 Å². The fourth-order valence-electron chi connectivity index (χ4n) is 2.83. The molecule has 4 rings (SSSR count). The Morgan fingerprint density at radius 1 is 1.32 bits per heavy atom. The van der Waals surface area contributed by atoms with Crippen LogP contribution < -0.4 is 10.6 Å². The zero-order valence-electron chi connectivity index (χ0n) is 15.0. The van der Waals surface area contributed by atoms with E-state index in [9.17, 15) is 13.2 Å². The molecule has 0 bridgehead atoms. The lowest BCUT2D eigenvalue weighted by atomic mass is 10.2. The fraction of sp³-hybridized carbons (Fsp3) is 0.412. The largest absolute Gasteiger partial charge is 0.421 e. The molecule has 0 amide bonds. The number of rotatable bonds is 7. The number of alkyl halides is 3. The predicted octanol–water partition coefficient (Wildman–Crippen LogP) is 3.78. The van der Waals surface area contributed by atoms with E-state index in [2.05, 4.69) is 30.9 Å². The summed E-state index contributed by atoms with van der Waals surface area (Å²) in [4.78, 5) is 7.85. The highest BCUT2D eigenvalue weighted by molar-refractivity contribution is 5.59. The third kappa shape index (κ3) is 3.92. The first-order chi connectivity index (χ1) is 13.4. The molecule has 0 atom stereocenters. The van der Waals surface area contributed by atoms with E-state index < -0.39 is 11.7 Å². The SMILES string of the molecule is CCNc1nc(Nc2cn(Cc3ccon3)nc2C2CC2)ncc1C(F)(F)F. The number of hydrogen-bond donors (Lipinski definition) is 2. The Bertz CT molecular complexity index is 948. The van der Waals surface area contributed by atoms with Crippen molar-refractivity contribution in [2.45, 2.75) is 38.4 Å². The highest BCUT2D eigenvalue weighted by Crippen LogP contribution is 2.43. The summed E-state index contributed by atoms with van der Waals surface area (Å²) in [5.74, 6) is 0.144. The molecule has 28 heavy (non-hydrogen) atoms. The molecule has 148 valence electrons. The van der Waals surface area contributed by atoms with Crippen molar-refractivity contribution in [2.75, 3.05) is 17.2 Å². The van der Waals surface area contributed by atoms with E-state index in [1.54, 1.807) is 23.9 Å². The van der Waals surface area contributed by atoms with Crippen LogP contribution in [0.4, 0.5) is 30.6 Å². The van der Waals surface area contributed by atoms with E-state index in [1.807, 2.05) is 0 Å². The zero-order valence-corrected chi connectivity index (χ0v) is 15.0. The molecule has 0 aliphatic heterocycles. The minimum absolute atomic E-state index is 0.0758. The highest BCUT2D eigenvalue weighted by atomic mass is 19.4. The van der Waals surface area contributed by atoms with Crippen LogP contribution >= 0.6 is 0 Å². The van der Waals surface area contributed by atoms with Gasteiger partial charge in [0.05, 0.1) is 17.9 Å². The molecule has 1 saturated carbocycles. The van der Waals surface area contributed by atoms with Gasteiger partial charge in [-0.15, -0.1) is 0 Å². The predicted molar refractivity (Wildman–Crippen MR) is 94.3 cm³/mol. The molecule has 2 N–H and O–H groups in total. The van der Waals surface area contributed by atoms with Gasteiger partial charge in [-0.3, -0.25) is 4.68 Å². The maximum Gasteiger partial charge on any atom is 0.421 e. The van der Waals surface area contributed by atoms with Gasteiger partial charge in [0.2, 0.25) is 5.95 Å². The summed E-state index contributed by atoms with van der Waals surface area (Å²) in [6, 6.07) is 1.74. The summed E-state index contributed by atoms with van der Waals surface area (Å²) in [5.41, 5.74) is 1.34. The van der Waals surface area contributed by atoms with Crippen LogP contribution in [0.5, 0.6) is 0 Å². The van der Waals surface area contributed by atoms with Gasteiger partial charge in [-0.1, -0.05) is 5.16 Å². The monoisotopic (exact) mass is 393 g/mol. The quantitative estimate of drug-likeness (QED) is 0.631. The number of halogens is 3. The molecule has 0 aromatic carbocycles. The average molecular weight is 393 g/mol. The van der Waals surface area contributed by atoms with Crippen molar-refractivity contribution in [3.63, 3.8) is 0 Å². The molecule has 3 heterocycles. The van der Waals surface area contributed by atoms with Gasteiger partial charge in [-0.25, -0.2) is 4.98 Å². The second-order valence-electron chi connectivity index (χ2n) is 6.50. The van der Waals surface area contributed by atoms with E-state index >= 15 is 0 Å². The molecule has 1 aliphatic carbocycles. The molecule has 11 heteroatoms. The third-order valence-corrected chi connectivity index (χ3v) is 4.25. The number of nitrogens with one attached hydrogen (secondary N) is 2. The number of aromatic nitrogens is 5. The van der Waals surface area contributed by atoms with Crippen LogP contribution in [-0.2, 0) is 12.7 Å². The van der Waals surface area contributed by atoms with Crippen molar-refractivity contribution in [1.29, 1.82) is 0 Å². The van der Waals surface area contributed by atoms with Crippen molar-refractivity contribution in [3.05, 3.63) is 41.7 Å².